The smallest absolute Gasteiger partial charge is 0.371 e. The zero-order chi connectivity index (χ0) is 20.4. The number of hydrogen-bond donors (Lipinski definition) is 1. The second-order valence-corrected chi connectivity index (χ2v) is 7.39. The van der Waals surface area contributed by atoms with E-state index in [1.54, 1.807) is 6.07 Å². The Morgan fingerprint density at radius 2 is 1.90 bits per heavy atom. The van der Waals surface area contributed by atoms with Gasteiger partial charge in [0.05, 0.1) is 18.2 Å². The van der Waals surface area contributed by atoms with E-state index in [9.17, 15) is 10.1 Å². The number of halogens is 1. The summed E-state index contributed by atoms with van der Waals surface area (Å²) in [6, 6.07) is 20.9. The highest BCUT2D eigenvalue weighted by Crippen LogP contribution is 2.27. The third kappa shape index (κ3) is 3.86. The molecular weight excluding hydrogens is 432 g/mol. The Hall–Kier alpha value is -3.56. The number of hydrogen-bond acceptors (Lipinski definition) is 3. The van der Waals surface area contributed by atoms with Crippen LogP contribution in [0, 0.1) is 11.3 Å². The Bertz CT molecular complexity index is 1270. The van der Waals surface area contributed by atoms with Gasteiger partial charge in [-0.05, 0) is 42.0 Å². The fraction of sp³-hybridized carbons (Fsp3) is 0.0435. The lowest BCUT2D eigenvalue weighted by molar-refractivity contribution is 0.0660. The van der Waals surface area contributed by atoms with E-state index in [2.05, 4.69) is 22.0 Å². The van der Waals surface area contributed by atoms with Gasteiger partial charge in [-0.2, -0.15) is 5.26 Å². The predicted molar refractivity (Wildman–Crippen MR) is 114 cm³/mol. The molecule has 0 unspecified atom stereocenters. The summed E-state index contributed by atoms with van der Waals surface area (Å²) >= 11 is 3.41. The van der Waals surface area contributed by atoms with Crippen LogP contribution >= 0.6 is 15.9 Å². The first-order chi connectivity index (χ1) is 14.0. The van der Waals surface area contributed by atoms with E-state index in [4.69, 9.17) is 9.52 Å². The fourth-order valence-corrected chi connectivity index (χ4v) is 3.50. The summed E-state index contributed by atoms with van der Waals surface area (Å²) in [5, 5.41) is 19.7. The van der Waals surface area contributed by atoms with Gasteiger partial charge < -0.3 is 14.1 Å². The van der Waals surface area contributed by atoms with Crippen LogP contribution < -0.4 is 0 Å². The molecule has 0 aliphatic rings. The molecule has 0 aliphatic carbocycles. The van der Waals surface area contributed by atoms with Crippen LogP contribution in [0.15, 0.2) is 75.8 Å². The van der Waals surface area contributed by atoms with Crippen molar-refractivity contribution in [3.8, 4) is 6.07 Å². The van der Waals surface area contributed by atoms with Gasteiger partial charge >= 0.3 is 5.97 Å². The number of rotatable bonds is 5. The first kappa shape index (κ1) is 18.8. The van der Waals surface area contributed by atoms with Gasteiger partial charge in [0.15, 0.2) is 0 Å². The van der Waals surface area contributed by atoms with Crippen LogP contribution in [-0.2, 0) is 6.54 Å². The highest BCUT2D eigenvalue weighted by atomic mass is 79.9. The molecule has 2 heterocycles. The summed E-state index contributed by atoms with van der Waals surface area (Å²) in [6.07, 6.45) is 3.82. The topological polar surface area (TPSA) is 79.2 Å². The average Bonchev–Trinajstić information content (AvgIpc) is 3.33. The zero-order valence-corrected chi connectivity index (χ0v) is 16.8. The van der Waals surface area contributed by atoms with Crippen LogP contribution in [0.1, 0.15) is 27.4 Å². The maximum absolute atomic E-state index is 11.1. The molecule has 2 aromatic heterocycles. The lowest BCUT2D eigenvalue weighted by Gasteiger charge is -2.02. The van der Waals surface area contributed by atoms with E-state index in [1.807, 2.05) is 65.4 Å². The summed E-state index contributed by atoms with van der Waals surface area (Å²) in [4.78, 5) is 11.1. The van der Waals surface area contributed by atoms with Crippen LogP contribution in [0.25, 0.3) is 22.6 Å². The molecular formula is C23H15BrN2O3. The first-order valence-corrected chi connectivity index (χ1v) is 9.62. The molecule has 4 aromatic rings. The van der Waals surface area contributed by atoms with Crippen LogP contribution in [0.5, 0.6) is 0 Å². The summed E-state index contributed by atoms with van der Waals surface area (Å²) < 4.78 is 8.34. The molecule has 4 rings (SSSR count). The van der Waals surface area contributed by atoms with Crippen molar-refractivity contribution < 1.29 is 14.3 Å². The molecule has 0 atom stereocenters. The number of carboxylic acids is 1. The van der Waals surface area contributed by atoms with E-state index in [1.165, 1.54) is 6.07 Å². The number of aromatic nitrogens is 1. The predicted octanol–water partition coefficient (Wildman–Crippen LogP) is 5.81. The van der Waals surface area contributed by atoms with E-state index in [0.29, 0.717) is 17.9 Å². The monoisotopic (exact) mass is 446 g/mol. The van der Waals surface area contributed by atoms with Crippen molar-refractivity contribution in [1.82, 2.24) is 4.57 Å². The molecule has 0 amide bonds. The Kier molecular flexibility index (Phi) is 5.07. The molecule has 2 aromatic carbocycles. The van der Waals surface area contributed by atoms with Crippen molar-refractivity contribution in [1.29, 1.82) is 5.26 Å². The maximum atomic E-state index is 11.1. The highest BCUT2D eigenvalue weighted by Gasteiger charge is 2.13. The summed E-state index contributed by atoms with van der Waals surface area (Å²) in [6.45, 7) is 0.391. The van der Waals surface area contributed by atoms with Gasteiger partial charge in [0, 0.05) is 27.1 Å². The number of carbonyl (C=O) groups is 1. The molecule has 0 fully saturated rings. The van der Waals surface area contributed by atoms with Crippen LogP contribution in [-0.4, -0.2) is 15.6 Å². The second kappa shape index (κ2) is 7.82. The van der Waals surface area contributed by atoms with Crippen molar-refractivity contribution in [3.05, 3.63) is 94.0 Å². The van der Waals surface area contributed by atoms with Gasteiger partial charge in [-0.15, -0.1) is 0 Å². The molecule has 5 nitrogen and oxygen atoms in total. The lowest BCUT2D eigenvalue weighted by Crippen LogP contribution is -1.97. The number of allylic oxidation sites excluding steroid dienone is 1. The first-order valence-electron chi connectivity index (χ1n) is 8.83. The Labute approximate surface area is 175 Å². The van der Waals surface area contributed by atoms with Crippen molar-refractivity contribution in [2.45, 2.75) is 6.54 Å². The van der Waals surface area contributed by atoms with Crippen molar-refractivity contribution in [2.24, 2.45) is 0 Å². The quantitative estimate of drug-likeness (QED) is 0.392. The Balaban J connectivity index is 1.76. The van der Waals surface area contributed by atoms with Crippen molar-refractivity contribution >= 4 is 44.5 Å². The number of carboxylic acid groups (broad SMARTS) is 1. The molecule has 0 saturated heterocycles. The number of para-hydroxylation sites is 1. The minimum atomic E-state index is -1.09. The number of aromatic carboxylic acids is 1. The maximum Gasteiger partial charge on any atom is 0.371 e. The molecule has 6 heteroatoms. The van der Waals surface area contributed by atoms with E-state index in [-0.39, 0.29) is 5.76 Å². The third-order valence-corrected chi connectivity index (χ3v) is 5.12. The summed E-state index contributed by atoms with van der Waals surface area (Å²) in [5.74, 6) is -0.629. The normalized spacial score (nSPS) is 11.5. The van der Waals surface area contributed by atoms with Gasteiger partial charge in [0.2, 0.25) is 5.76 Å². The van der Waals surface area contributed by atoms with Crippen LogP contribution in [0.4, 0.5) is 0 Å². The summed E-state index contributed by atoms with van der Waals surface area (Å²) in [7, 11) is 0. The number of nitriles is 1. The van der Waals surface area contributed by atoms with Gasteiger partial charge in [0.1, 0.15) is 5.76 Å². The van der Waals surface area contributed by atoms with E-state index >= 15 is 0 Å². The van der Waals surface area contributed by atoms with Crippen molar-refractivity contribution in [2.75, 3.05) is 0 Å². The zero-order valence-electron chi connectivity index (χ0n) is 15.2. The average molecular weight is 447 g/mol. The number of furan rings is 1. The Morgan fingerprint density at radius 3 is 2.59 bits per heavy atom. The minimum absolute atomic E-state index is 0.0846. The lowest BCUT2D eigenvalue weighted by atomic mass is 10.0. The molecule has 0 saturated carbocycles. The minimum Gasteiger partial charge on any atom is -0.475 e. The Morgan fingerprint density at radius 1 is 1.14 bits per heavy atom. The van der Waals surface area contributed by atoms with Gasteiger partial charge in [-0.1, -0.05) is 46.3 Å². The van der Waals surface area contributed by atoms with Crippen LogP contribution in [0.3, 0.4) is 0 Å². The van der Waals surface area contributed by atoms with Gasteiger partial charge in [0.25, 0.3) is 0 Å². The number of fused-ring (bicyclic) bond motifs is 1. The number of nitrogens with zero attached hydrogens (tertiary/aromatic N) is 2. The number of benzene rings is 2. The fourth-order valence-electron chi connectivity index (χ4n) is 3.23. The molecule has 0 radical (unpaired) electrons. The molecule has 142 valence electrons. The largest absolute Gasteiger partial charge is 0.475 e. The SMILES string of the molecule is N#C/C(=C/c1cn(Cc2ccc(C(=O)O)o2)c2ccccc12)c1ccc(Br)cc1. The molecule has 0 spiro atoms. The standard InChI is InChI=1S/C23H15BrN2O3/c24-18-7-5-15(6-8-18)16(12-25)11-17-13-26(21-4-2-1-3-20(17)21)14-19-9-10-22(29-19)23(27)28/h1-11,13H,14H2,(H,27,28)/b16-11-. The van der Waals surface area contributed by atoms with Crippen LogP contribution in [0.2, 0.25) is 0 Å². The summed E-state index contributed by atoms with van der Waals surface area (Å²) in [5.41, 5.74) is 3.28. The third-order valence-electron chi connectivity index (χ3n) is 4.59. The molecule has 0 bridgehead atoms. The molecule has 29 heavy (non-hydrogen) atoms. The second-order valence-electron chi connectivity index (χ2n) is 6.48. The van der Waals surface area contributed by atoms with Crippen molar-refractivity contribution in [3.63, 3.8) is 0 Å². The van der Waals surface area contributed by atoms with Gasteiger partial charge in [-0.3, -0.25) is 0 Å². The molecule has 1 N–H and O–H groups in total. The van der Waals surface area contributed by atoms with Gasteiger partial charge in [-0.25, -0.2) is 4.79 Å². The molecule has 0 aliphatic heterocycles. The van der Waals surface area contributed by atoms with E-state index < -0.39 is 5.97 Å². The van der Waals surface area contributed by atoms with E-state index in [0.717, 1.165) is 26.5 Å². The highest BCUT2D eigenvalue weighted by molar-refractivity contribution is 9.10.